The van der Waals surface area contributed by atoms with Gasteiger partial charge in [-0.05, 0) is 18.6 Å². The Bertz CT molecular complexity index is 657. The SMILES string of the molecule is OCc1cn(CCCn2ccnc2)c2ncccc12. The zero-order chi connectivity index (χ0) is 13.1. The molecule has 1 N–H and O–H groups in total. The lowest BCUT2D eigenvalue weighted by Gasteiger charge is -2.05. The average Bonchev–Trinajstić information content (AvgIpc) is 3.07. The molecule has 0 radical (unpaired) electrons. The minimum Gasteiger partial charge on any atom is -0.392 e. The first kappa shape index (κ1) is 11.9. The quantitative estimate of drug-likeness (QED) is 0.757. The van der Waals surface area contributed by atoms with Gasteiger partial charge < -0.3 is 14.2 Å². The molecule has 0 aliphatic heterocycles. The molecular formula is C14H16N4O. The molecule has 0 aliphatic rings. The van der Waals surface area contributed by atoms with Crippen LogP contribution in [0.25, 0.3) is 11.0 Å². The third kappa shape index (κ3) is 2.37. The third-order valence-corrected chi connectivity index (χ3v) is 3.26. The average molecular weight is 256 g/mol. The standard InChI is InChI=1S/C14H16N4O/c19-10-12-9-18(14-13(12)3-1-4-16-14)7-2-6-17-8-5-15-11-17/h1,3-5,8-9,11,19H,2,6-7,10H2. The van der Waals surface area contributed by atoms with Crippen molar-refractivity contribution < 1.29 is 5.11 Å². The predicted octanol–water partition coefficient (Wildman–Crippen LogP) is 1.82. The Labute approximate surface area is 111 Å². The number of nitrogens with zero attached hydrogens (tertiary/aromatic N) is 4. The van der Waals surface area contributed by atoms with Crippen molar-refractivity contribution in [1.82, 2.24) is 19.1 Å². The molecule has 0 bridgehead atoms. The summed E-state index contributed by atoms with van der Waals surface area (Å²) in [6, 6.07) is 3.90. The lowest BCUT2D eigenvalue weighted by Crippen LogP contribution is -2.02. The highest BCUT2D eigenvalue weighted by Crippen LogP contribution is 2.19. The van der Waals surface area contributed by atoms with Crippen LogP contribution in [0.5, 0.6) is 0 Å². The summed E-state index contributed by atoms with van der Waals surface area (Å²) in [4.78, 5) is 8.42. The summed E-state index contributed by atoms with van der Waals surface area (Å²) in [5.74, 6) is 0. The predicted molar refractivity (Wildman–Crippen MR) is 72.5 cm³/mol. The minimum atomic E-state index is 0.0523. The van der Waals surface area contributed by atoms with Gasteiger partial charge in [0.1, 0.15) is 5.65 Å². The van der Waals surface area contributed by atoms with Crippen molar-refractivity contribution in [2.75, 3.05) is 0 Å². The molecular weight excluding hydrogens is 240 g/mol. The lowest BCUT2D eigenvalue weighted by molar-refractivity contribution is 0.283. The Balaban J connectivity index is 1.77. The van der Waals surface area contributed by atoms with Crippen molar-refractivity contribution >= 4 is 11.0 Å². The van der Waals surface area contributed by atoms with E-state index in [-0.39, 0.29) is 6.61 Å². The molecule has 0 amide bonds. The Morgan fingerprint density at radius 1 is 1.21 bits per heavy atom. The second-order valence-corrected chi connectivity index (χ2v) is 4.53. The van der Waals surface area contributed by atoms with Gasteiger partial charge in [-0.25, -0.2) is 9.97 Å². The summed E-state index contributed by atoms with van der Waals surface area (Å²) < 4.78 is 4.17. The van der Waals surface area contributed by atoms with Crippen LogP contribution in [0.15, 0.2) is 43.2 Å². The molecule has 19 heavy (non-hydrogen) atoms. The topological polar surface area (TPSA) is 55.9 Å². The highest BCUT2D eigenvalue weighted by Gasteiger charge is 2.07. The van der Waals surface area contributed by atoms with Crippen LogP contribution < -0.4 is 0 Å². The van der Waals surface area contributed by atoms with Gasteiger partial charge in [-0.15, -0.1) is 0 Å². The van der Waals surface area contributed by atoms with Gasteiger partial charge in [0.05, 0.1) is 12.9 Å². The second-order valence-electron chi connectivity index (χ2n) is 4.53. The van der Waals surface area contributed by atoms with E-state index >= 15 is 0 Å². The molecule has 3 aromatic rings. The number of imidazole rings is 1. The first-order chi connectivity index (χ1) is 9.38. The van der Waals surface area contributed by atoms with Crippen molar-refractivity contribution in [2.45, 2.75) is 26.1 Å². The molecule has 0 saturated heterocycles. The van der Waals surface area contributed by atoms with Crippen LogP contribution in [0.1, 0.15) is 12.0 Å². The fourth-order valence-electron chi connectivity index (χ4n) is 2.33. The maximum absolute atomic E-state index is 9.37. The summed E-state index contributed by atoms with van der Waals surface area (Å²) in [5, 5.41) is 10.4. The molecule has 98 valence electrons. The van der Waals surface area contributed by atoms with E-state index in [2.05, 4.69) is 19.1 Å². The number of aryl methyl sites for hydroxylation is 2. The maximum atomic E-state index is 9.37. The van der Waals surface area contributed by atoms with E-state index in [0.717, 1.165) is 36.1 Å². The second kappa shape index (κ2) is 5.24. The number of hydrogen-bond acceptors (Lipinski definition) is 3. The van der Waals surface area contributed by atoms with Crippen LogP contribution >= 0.6 is 0 Å². The van der Waals surface area contributed by atoms with Crippen molar-refractivity contribution in [3.05, 3.63) is 48.8 Å². The lowest BCUT2D eigenvalue weighted by atomic mass is 10.2. The molecule has 0 spiro atoms. The van der Waals surface area contributed by atoms with E-state index in [4.69, 9.17) is 0 Å². The van der Waals surface area contributed by atoms with Gasteiger partial charge in [-0.1, -0.05) is 0 Å². The fraction of sp³-hybridized carbons (Fsp3) is 0.286. The Morgan fingerprint density at radius 3 is 2.95 bits per heavy atom. The van der Waals surface area contributed by atoms with Gasteiger partial charge in [0, 0.05) is 48.8 Å². The molecule has 0 aliphatic carbocycles. The van der Waals surface area contributed by atoms with Gasteiger partial charge in [0.2, 0.25) is 0 Å². The monoisotopic (exact) mass is 256 g/mol. The van der Waals surface area contributed by atoms with Crippen molar-refractivity contribution in [3.63, 3.8) is 0 Å². The molecule has 5 heteroatoms. The van der Waals surface area contributed by atoms with Crippen LogP contribution in [-0.2, 0) is 19.7 Å². The normalized spacial score (nSPS) is 11.2. The number of aliphatic hydroxyl groups is 1. The van der Waals surface area contributed by atoms with Gasteiger partial charge in [-0.3, -0.25) is 0 Å². The Hall–Kier alpha value is -2.14. The van der Waals surface area contributed by atoms with Crippen molar-refractivity contribution in [3.8, 4) is 0 Å². The summed E-state index contributed by atoms with van der Waals surface area (Å²) >= 11 is 0. The molecule has 0 saturated carbocycles. The van der Waals surface area contributed by atoms with Gasteiger partial charge in [0.25, 0.3) is 0 Å². The molecule has 0 unspecified atom stereocenters. The molecule has 3 heterocycles. The summed E-state index contributed by atoms with van der Waals surface area (Å²) in [6.07, 6.45) is 10.4. The van der Waals surface area contributed by atoms with Crippen LogP contribution in [-0.4, -0.2) is 24.2 Å². The maximum Gasteiger partial charge on any atom is 0.140 e. The smallest absolute Gasteiger partial charge is 0.140 e. The van der Waals surface area contributed by atoms with E-state index in [1.807, 2.05) is 30.9 Å². The molecule has 0 fully saturated rings. The highest BCUT2D eigenvalue weighted by molar-refractivity contribution is 5.80. The number of hydrogen-bond donors (Lipinski definition) is 1. The van der Waals surface area contributed by atoms with Crippen molar-refractivity contribution in [2.24, 2.45) is 0 Å². The largest absolute Gasteiger partial charge is 0.392 e. The van der Waals surface area contributed by atoms with E-state index < -0.39 is 0 Å². The van der Waals surface area contributed by atoms with Crippen LogP contribution in [0, 0.1) is 0 Å². The van der Waals surface area contributed by atoms with Gasteiger partial charge in [0.15, 0.2) is 0 Å². The summed E-state index contributed by atoms with van der Waals surface area (Å²) in [5.41, 5.74) is 1.88. The Morgan fingerprint density at radius 2 is 2.16 bits per heavy atom. The summed E-state index contributed by atoms with van der Waals surface area (Å²) in [7, 11) is 0. The number of fused-ring (bicyclic) bond motifs is 1. The third-order valence-electron chi connectivity index (χ3n) is 3.26. The van der Waals surface area contributed by atoms with E-state index in [9.17, 15) is 5.11 Å². The van der Waals surface area contributed by atoms with E-state index in [0.29, 0.717) is 0 Å². The van der Waals surface area contributed by atoms with Crippen LogP contribution in [0.3, 0.4) is 0 Å². The number of rotatable bonds is 5. The van der Waals surface area contributed by atoms with Crippen molar-refractivity contribution in [1.29, 1.82) is 0 Å². The number of aliphatic hydroxyl groups excluding tert-OH is 1. The number of pyridine rings is 1. The molecule has 0 aromatic carbocycles. The molecule has 5 nitrogen and oxygen atoms in total. The molecule has 0 atom stereocenters. The molecule has 3 rings (SSSR count). The summed E-state index contributed by atoms with van der Waals surface area (Å²) in [6.45, 7) is 1.86. The fourth-order valence-corrected chi connectivity index (χ4v) is 2.33. The zero-order valence-electron chi connectivity index (χ0n) is 10.6. The first-order valence-electron chi connectivity index (χ1n) is 6.38. The number of aromatic nitrogens is 4. The Kier molecular flexibility index (Phi) is 3.29. The minimum absolute atomic E-state index is 0.0523. The highest BCUT2D eigenvalue weighted by atomic mass is 16.3. The zero-order valence-corrected chi connectivity index (χ0v) is 10.6. The van der Waals surface area contributed by atoms with Crippen LogP contribution in [0.4, 0.5) is 0 Å². The van der Waals surface area contributed by atoms with Gasteiger partial charge >= 0.3 is 0 Å². The first-order valence-corrected chi connectivity index (χ1v) is 6.38. The van der Waals surface area contributed by atoms with Crippen LogP contribution in [0.2, 0.25) is 0 Å². The van der Waals surface area contributed by atoms with E-state index in [1.165, 1.54) is 0 Å². The molecule has 3 aromatic heterocycles. The van der Waals surface area contributed by atoms with E-state index in [1.54, 1.807) is 12.4 Å². The van der Waals surface area contributed by atoms with Gasteiger partial charge in [-0.2, -0.15) is 0 Å².